The molecule has 1 atom stereocenters. The molecule has 0 heterocycles. The summed E-state index contributed by atoms with van der Waals surface area (Å²) >= 11 is 0. The van der Waals surface area contributed by atoms with Crippen LogP contribution in [0.5, 0.6) is 5.75 Å². The number of ether oxygens (including phenoxy) is 1. The summed E-state index contributed by atoms with van der Waals surface area (Å²) in [7, 11) is 0. The molecule has 1 fully saturated rings. The van der Waals surface area contributed by atoms with Gasteiger partial charge in [-0.15, -0.1) is 0 Å². The number of oxime groups is 1. The number of alkyl halides is 2. The molecule has 4 N–H and O–H groups in total. The Morgan fingerprint density at radius 1 is 1.38 bits per heavy atom. The van der Waals surface area contributed by atoms with Crippen molar-refractivity contribution in [3.05, 3.63) is 29.8 Å². The molecule has 0 aromatic heterocycles. The average molecular weight is 299 g/mol. The van der Waals surface area contributed by atoms with Gasteiger partial charge >= 0.3 is 6.61 Å². The lowest BCUT2D eigenvalue weighted by atomic mass is 10.1. The van der Waals surface area contributed by atoms with E-state index in [9.17, 15) is 13.6 Å². The van der Waals surface area contributed by atoms with Gasteiger partial charge < -0.3 is 21.0 Å². The third-order valence-electron chi connectivity index (χ3n) is 3.16. The maximum atomic E-state index is 12.0. The Bertz CT molecular complexity index is 530. The maximum Gasteiger partial charge on any atom is 0.387 e. The van der Waals surface area contributed by atoms with Crippen LogP contribution in [0.4, 0.5) is 8.78 Å². The summed E-state index contributed by atoms with van der Waals surface area (Å²) in [5.74, 6) is -0.353. The molecule has 21 heavy (non-hydrogen) atoms. The van der Waals surface area contributed by atoms with Crippen molar-refractivity contribution in [2.24, 2.45) is 16.8 Å². The quantitative estimate of drug-likeness (QED) is 0.321. The highest BCUT2D eigenvalue weighted by Crippen LogP contribution is 2.32. The Morgan fingerprint density at radius 3 is 2.48 bits per heavy atom. The van der Waals surface area contributed by atoms with Gasteiger partial charge in [-0.25, -0.2) is 0 Å². The number of carbonyl (C=O) groups is 1. The number of nitrogens with zero attached hydrogens (tertiary/aromatic N) is 1. The van der Waals surface area contributed by atoms with E-state index in [4.69, 9.17) is 10.9 Å². The summed E-state index contributed by atoms with van der Waals surface area (Å²) in [6.45, 7) is -2.91. The van der Waals surface area contributed by atoms with Crippen LogP contribution in [0.2, 0.25) is 0 Å². The van der Waals surface area contributed by atoms with Gasteiger partial charge in [0.25, 0.3) is 5.91 Å². The number of hydrogen-bond donors (Lipinski definition) is 3. The summed E-state index contributed by atoms with van der Waals surface area (Å²) in [4.78, 5) is 12.0. The van der Waals surface area contributed by atoms with Gasteiger partial charge in [0.05, 0.1) is 6.04 Å². The lowest BCUT2D eigenvalue weighted by molar-refractivity contribution is -0.0498. The Kier molecular flexibility index (Phi) is 4.56. The van der Waals surface area contributed by atoms with Gasteiger partial charge in [0.15, 0.2) is 5.84 Å². The molecule has 1 amide bonds. The average Bonchev–Trinajstić information content (AvgIpc) is 3.28. The standard InChI is InChI=1S/C13H15F2N3O3/c14-13(15)21-9-5-3-8(4-6-9)12(19)17-10(7-1-2-7)11(16)18-20/h3-7,10,13,20H,1-2H2,(H2,16,18)(H,17,19). The number of carbonyl (C=O) groups excluding carboxylic acids is 1. The van der Waals surface area contributed by atoms with E-state index in [1.165, 1.54) is 24.3 Å². The van der Waals surface area contributed by atoms with E-state index in [0.717, 1.165) is 12.8 Å². The van der Waals surface area contributed by atoms with Crippen LogP contribution in [-0.4, -0.2) is 29.6 Å². The van der Waals surface area contributed by atoms with Crippen LogP contribution in [-0.2, 0) is 0 Å². The summed E-state index contributed by atoms with van der Waals surface area (Å²) < 4.78 is 28.2. The number of nitrogens with two attached hydrogens (primary N) is 1. The fourth-order valence-electron chi connectivity index (χ4n) is 1.94. The zero-order valence-electron chi connectivity index (χ0n) is 11.0. The zero-order valence-corrected chi connectivity index (χ0v) is 11.0. The van der Waals surface area contributed by atoms with Gasteiger partial charge in [-0.3, -0.25) is 4.79 Å². The Labute approximate surface area is 119 Å². The smallest absolute Gasteiger partial charge is 0.387 e. The van der Waals surface area contributed by atoms with E-state index in [-0.39, 0.29) is 23.1 Å². The largest absolute Gasteiger partial charge is 0.435 e. The molecule has 1 aliphatic rings. The Hall–Kier alpha value is -2.38. The first-order chi connectivity index (χ1) is 10.0. The van der Waals surface area contributed by atoms with Crippen LogP contribution in [0.25, 0.3) is 0 Å². The van der Waals surface area contributed by atoms with E-state index in [2.05, 4.69) is 15.2 Å². The van der Waals surface area contributed by atoms with Crippen LogP contribution in [0.15, 0.2) is 29.4 Å². The van der Waals surface area contributed by atoms with Crippen molar-refractivity contribution in [3.63, 3.8) is 0 Å². The molecule has 0 aliphatic heterocycles. The topological polar surface area (TPSA) is 96.9 Å². The lowest BCUT2D eigenvalue weighted by Crippen LogP contribution is -2.46. The van der Waals surface area contributed by atoms with Gasteiger partial charge in [0.1, 0.15) is 5.75 Å². The molecule has 2 rings (SSSR count). The molecule has 6 nitrogen and oxygen atoms in total. The van der Waals surface area contributed by atoms with Crippen molar-refractivity contribution in [2.45, 2.75) is 25.5 Å². The molecule has 1 aromatic rings. The van der Waals surface area contributed by atoms with Crippen molar-refractivity contribution in [2.75, 3.05) is 0 Å². The number of benzene rings is 1. The minimum atomic E-state index is -2.91. The van der Waals surface area contributed by atoms with Gasteiger partial charge in [-0.2, -0.15) is 8.78 Å². The molecular weight excluding hydrogens is 284 g/mol. The van der Waals surface area contributed by atoms with Crippen molar-refractivity contribution < 1.29 is 23.5 Å². The van der Waals surface area contributed by atoms with Crippen molar-refractivity contribution in [3.8, 4) is 5.75 Å². The third kappa shape index (κ3) is 4.04. The van der Waals surface area contributed by atoms with Crippen molar-refractivity contribution in [1.82, 2.24) is 5.32 Å². The van der Waals surface area contributed by atoms with E-state index < -0.39 is 18.6 Å². The molecule has 0 bridgehead atoms. The number of hydrogen-bond acceptors (Lipinski definition) is 4. The first kappa shape index (κ1) is 15.0. The van der Waals surface area contributed by atoms with Crippen molar-refractivity contribution >= 4 is 11.7 Å². The highest BCUT2D eigenvalue weighted by atomic mass is 19.3. The van der Waals surface area contributed by atoms with E-state index in [1.807, 2.05) is 0 Å². The third-order valence-corrected chi connectivity index (χ3v) is 3.16. The van der Waals surface area contributed by atoms with E-state index in [0.29, 0.717) is 0 Å². The van der Waals surface area contributed by atoms with Crippen LogP contribution in [0.1, 0.15) is 23.2 Å². The fraction of sp³-hybridized carbons (Fsp3) is 0.385. The molecule has 1 unspecified atom stereocenters. The van der Waals surface area contributed by atoms with Gasteiger partial charge in [0.2, 0.25) is 0 Å². The van der Waals surface area contributed by atoms with Crippen LogP contribution < -0.4 is 15.8 Å². The molecule has 0 spiro atoms. The molecule has 114 valence electrons. The number of nitrogens with one attached hydrogen (secondary N) is 1. The number of amidine groups is 1. The summed E-state index contributed by atoms with van der Waals surface area (Å²) in [6.07, 6.45) is 1.78. The second-order valence-electron chi connectivity index (χ2n) is 4.72. The molecular formula is C13H15F2N3O3. The summed E-state index contributed by atoms with van der Waals surface area (Å²) in [5, 5.41) is 14.3. The minimum Gasteiger partial charge on any atom is -0.435 e. The summed E-state index contributed by atoms with van der Waals surface area (Å²) in [6, 6.07) is 4.75. The first-order valence-electron chi connectivity index (χ1n) is 6.34. The highest BCUT2D eigenvalue weighted by molar-refractivity contribution is 5.98. The van der Waals surface area contributed by atoms with Crippen LogP contribution >= 0.6 is 0 Å². The number of amides is 1. The highest BCUT2D eigenvalue weighted by Gasteiger charge is 2.35. The Balaban J connectivity index is 2.02. The fourth-order valence-corrected chi connectivity index (χ4v) is 1.94. The monoisotopic (exact) mass is 299 g/mol. The lowest BCUT2D eigenvalue weighted by Gasteiger charge is -2.16. The van der Waals surface area contributed by atoms with Gasteiger partial charge in [-0.05, 0) is 43.0 Å². The zero-order chi connectivity index (χ0) is 15.4. The van der Waals surface area contributed by atoms with E-state index >= 15 is 0 Å². The molecule has 1 aromatic carbocycles. The molecule has 8 heteroatoms. The second kappa shape index (κ2) is 6.38. The predicted molar refractivity (Wildman–Crippen MR) is 70.5 cm³/mol. The normalized spacial score (nSPS) is 16.6. The maximum absolute atomic E-state index is 12.0. The minimum absolute atomic E-state index is 0.0308. The van der Waals surface area contributed by atoms with Crippen molar-refractivity contribution in [1.29, 1.82) is 0 Å². The van der Waals surface area contributed by atoms with Gasteiger partial charge in [0, 0.05) is 5.56 Å². The second-order valence-corrected chi connectivity index (χ2v) is 4.72. The van der Waals surface area contributed by atoms with Gasteiger partial charge in [-0.1, -0.05) is 5.16 Å². The molecule has 0 saturated heterocycles. The number of halogens is 2. The molecule has 1 aliphatic carbocycles. The van der Waals surface area contributed by atoms with E-state index in [1.54, 1.807) is 0 Å². The Morgan fingerprint density at radius 2 is 2.00 bits per heavy atom. The molecule has 0 radical (unpaired) electrons. The predicted octanol–water partition coefficient (Wildman–Crippen LogP) is 1.54. The molecule has 1 saturated carbocycles. The SMILES string of the molecule is NC(=NO)C(NC(=O)c1ccc(OC(F)F)cc1)C1CC1. The van der Waals surface area contributed by atoms with Crippen LogP contribution in [0, 0.1) is 5.92 Å². The first-order valence-corrected chi connectivity index (χ1v) is 6.34. The van der Waals surface area contributed by atoms with Crippen LogP contribution in [0.3, 0.4) is 0 Å². The summed E-state index contributed by atoms with van der Waals surface area (Å²) in [5.41, 5.74) is 5.82. The number of rotatable bonds is 6.